The molecule has 3 rings (SSSR count). The van der Waals surface area contributed by atoms with Gasteiger partial charge in [-0.1, -0.05) is 0 Å². The summed E-state index contributed by atoms with van der Waals surface area (Å²) in [6.07, 6.45) is 2.85. The van der Waals surface area contributed by atoms with Crippen molar-refractivity contribution in [3.05, 3.63) is 42.6 Å². The van der Waals surface area contributed by atoms with E-state index in [0.29, 0.717) is 30.2 Å². The van der Waals surface area contributed by atoms with Crippen molar-refractivity contribution in [2.24, 2.45) is 0 Å². The standard InChI is InChI=1S/C19H23N3O4.2ClH/c1-24-15-4-6-16(7-5-15)26-17-8-3-14(13-21-17)22-18(23)19(25-2)9-11-20-12-10-19;;/h3-8,13,20H,9-12H2,1-2H3,(H,22,23);2*1H. The fourth-order valence-corrected chi connectivity index (χ4v) is 2.88. The molecule has 1 aromatic carbocycles. The Morgan fingerprint density at radius 1 is 1.04 bits per heavy atom. The van der Waals surface area contributed by atoms with Crippen LogP contribution in [0.25, 0.3) is 0 Å². The molecule has 1 amide bonds. The van der Waals surface area contributed by atoms with Crippen LogP contribution in [-0.4, -0.2) is 43.8 Å². The summed E-state index contributed by atoms with van der Waals surface area (Å²) in [7, 11) is 3.19. The lowest BCUT2D eigenvalue weighted by atomic mass is 9.91. The van der Waals surface area contributed by atoms with Crippen molar-refractivity contribution in [1.29, 1.82) is 0 Å². The van der Waals surface area contributed by atoms with E-state index in [4.69, 9.17) is 14.2 Å². The third kappa shape index (κ3) is 5.72. The SMILES string of the molecule is COc1ccc(Oc2ccc(NC(=O)C3(OC)CCNCC3)cn2)cc1.Cl.Cl. The third-order valence-electron chi connectivity index (χ3n) is 4.49. The number of ether oxygens (including phenoxy) is 3. The monoisotopic (exact) mass is 429 g/mol. The Hall–Kier alpha value is -2.06. The first-order valence-electron chi connectivity index (χ1n) is 8.50. The third-order valence-corrected chi connectivity index (χ3v) is 4.49. The first-order chi connectivity index (χ1) is 12.6. The number of rotatable bonds is 6. The molecule has 1 aliphatic heterocycles. The maximum absolute atomic E-state index is 12.6. The fourth-order valence-electron chi connectivity index (χ4n) is 2.88. The van der Waals surface area contributed by atoms with E-state index >= 15 is 0 Å². The summed E-state index contributed by atoms with van der Waals surface area (Å²) >= 11 is 0. The lowest BCUT2D eigenvalue weighted by Gasteiger charge is -2.34. The zero-order valence-electron chi connectivity index (χ0n) is 15.8. The molecule has 1 saturated heterocycles. The van der Waals surface area contributed by atoms with Gasteiger partial charge in [0.15, 0.2) is 0 Å². The second-order valence-corrected chi connectivity index (χ2v) is 6.07. The van der Waals surface area contributed by atoms with Crippen LogP contribution in [0.2, 0.25) is 0 Å². The molecule has 0 radical (unpaired) electrons. The Balaban J connectivity index is 0.00000196. The Labute approximate surface area is 177 Å². The zero-order chi connectivity index (χ0) is 18.4. The highest BCUT2D eigenvalue weighted by Crippen LogP contribution is 2.26. The number of nitrogens with one attached hydrogen (secondary N) is 2. The van der Waals surface area contributed by atoms with E-state index in [9.17, 15) is 4.79 Å². The molecule has 0 unspecified atom stereocenters. The van der Waals surface area contributed by atoms with Crippen LogP contribution < -0.4 is 20.1 Å². The van der Waals surface area contributed by atoms with Gasteiger partial charge in [-0.15, -0.1) is 24.8 Å². The maximum Gasteiger partial charge on any atom is 0.256 e. The van der Waals surface area contributed by atoms with Crippen LogP contribution in [0.3, 0.4) is 0 Å². The van der Waals surface area contributed by atoms with E-state index in [0.717, 1.165) is 18.8 Å². The highest BCUT2D eigenvalue weighted by atomic mass is 35.5. The number of hydrogen-bond donors (Lipinski definition) is 2. The molecular weight excluding hydrogens is 405 g/mol. The second-order valence-electron chi connectivity index (χ2n) is 6.07. The Morgan fingerprint density at radius 3 is 2.21 bits per heavy atom. The minimum Gasteiger partial charge on any atom is -0.497 e. The number of nitrogens with zero attached hydrogens (tertiary/aromatic N) is 1. The number of halogens is 2. The Bertz CT molecular complexity index is 736. The second kappa shape index (κ2) is 11.1. The van der Waals surface area contributed by atoms with E-state index in [1.807, 2.05) is 12.1 Å². The number of amides is 1. The van der Waals surface area contributed by atoms with Crippen LogP contribution in [0.4, 0.5) is 5.69 Å². The number of carbonyl (C=O) groups is 1. The van der Waals surface area contributed by atoms with Crippen LogP contribution in [0.1, 0.15) is 12.8 Å². The van der Waals surface area contributed by atoms with Gasteiger partial charge in [0.05, 0.1) is 19.0 Å². The van der Waals surface area contributed by atoms with Crippen molar-refractivity contribution < 1.29 is 19.0 Å². The van der Waals surface area contributed by atoms with Crippen molar-refractivity contribution in [1.82, 2.24) is 10.3 Å². The van der Waals surface area contributed by atoms with Crippen LogP contribution in [-0.2, 0) is 9.53 Å². The van der Waals surface area contributed by atoms with Gasteiger partial charge in [0.2, 0.25) is 5.88 Å². The molecule has 0 aliphatic carbocycles. The van der Waals surface area contributed by atoms with Crippen molar-refractivity contribution in [3.63, 3.8) is 0 Å². The summed E-state index contributed by atoms with van der Waals surface area (Å²) in [5.74, 6) is 1.71. The summed E-state index contributed by atoms with van der Waals surface area (Å²) in [6.45, 7) is 1.52. The lowest BCUT2D eigenvalue weighted by Crippen LogP contribution is -2.51. The molecule has 2 N–H and O–H groups in total. The predicted octanol–water partition coefficient (Wildman–Crippen LogP) is 3.43. The van der Waals surface area contributed by atoms with E-state index in [2.05, 4.69) is 15.6 Å². The first kappa shape index (κ1) is 24.0. The molecule has 2 heterocycles. The van der Waals surface area contributed by atoms with Crippen LogP contribution in [0.5, 0.6) is 17.4 Å². The largest absolute Gasteiger partial charge is 0.497 e. The van der Waals surface area contributed by atoms with Crippen LogP contribution in [0.15, 0.2) is 42.6 Å². The average Bonchev–Trinajstić information content (AvgIpc) is 2.70. The van der Waals surface area contributed by atoms with Gasteiger partial charge in [0.1, 0.15) is 17.1 Å². The van der Waals surface area contributed by atoms with E-state index in [1.54, 1.807) is 44.7 Å². The van der Waals surface area contributed by atoms with Crippen molar-refractivity contribution >= 4 is 36.4 Å². The van der Waals surface area contributed by atoms with Crippen molar-refractivity contribution in [2.45, 2.75) is 18.4 Å². The van der Waals surface area contributed by atoms with Gasteiger partial charge in [-0.2, -0.15) is 0 Å². The molecule has 2 aromatic rings. The van der Waals surface area contributed by atoms with E-state index in [-0.39, 0.29) is 30.7 Å². The van der Waals surface area contributed by atoms with Crippen LogP contribution in [0, 0.1) is 0 Å². The van der Waals surface area contributed by atoms with Gasteiger partial charge in [-0.05, 0) is 56.3 Å². The number of hydrogen-bond acceptors (Lipinski definition) is 6. The van der Waals surface area contributed by atoms with Gasteiger partial charge in [-0.25, -0.2) is 4.98 Å². The molecule has 28 heavy (non-hydrogen) atoms. The minimum absolute atomic E-state index is 0. The molecule has 1 aromatic heterocycles. The molecule has 1 aliphatic rings. The van der Waals surface area contributed by atoms with Gasteiger partial charge in [0.25, 0.3) is 5.91 Å². The smallest absolute Gasteiger partial charge is 0.256 e. The Morgan fingerprint density at radius 2 is 1.68 bits per heavy atom. The molecule has 7 nitrogen and oxygen atoms in total. The summed E-state index contributed by atoms with van der Waals surface area (Å²) in [6, 6.07) is 10.7. The summed E-state index contributed by atoms with van der Waals surface area (Å²) in [5, 5.41) is 6.12. The first-order valence-corrected chi connectivity index (χ1v) is 8.50. The van der Waals surface area contributed by atoms with Gasteiger partial charge in [0, 0.05) is 13.2 Å². The number of carbonyl (C=O) groups excluding carboxylic acids is 1. The number of piperidine rings is 1. The highest BCUT2D eigenvalue weighted by Gasteiger charge is 2.39. The molecule has 9 heteroatoms. The maximum atomic E-state index is 12.6. The number of aromatic nitrogens is 1. The van der Waals surface area contributed by atoms with Crippen LogP contribution >= 0.6 is 24.8 Å². The van der Waals surface area contributed by atoms with Crippen molar-refractivity contribution in [3.8, 4) is 17.4 Å². The number of anilines is 1. The van der Waals surface area contributed by atoms with Gasteiger partial charge >= 0.3 is 0 Å². The number of methoxy groups -OCH3 is 2. The number of benzene rings is 1. The summed E-state index contributed by atoms with van der Waals surface area (Å²) < 4.78 is 16.3. The Kier molecular flexibility index (Phi) is 9.48. The molecule has 154 valence electrons. The van der Waals surface area contributed by atoms with Gasteiger partial charge < -0.3 is 24.8 Å². The molecular formula is C19H25Cl2N3O4. The molecule has 0 bridgehead atoms. The normalized spacial score (nSPS) is 14.8. The summed E-state index contributed by atoms with van der Waals surface area (Å²) in [5.41, 5.74) is -0.184. The minimum atomic E-state index is -0.788. The van der Waals surface area contributed by atoms with E-state index in [1.165, 1.54) is 0 Å². The highest BCUT2D eigenvalue weighted by molar-refractivity contribution is 5.97. The molecule has 0 saturated carbocycles. The van der Waals surface area contributed by atoms with E-state index < -0.39 is 5.60 Å². The van der Waals surface area contributed by atoms with Gasteiger partial charge in [-0.3, -0.25) is 4.79 Å². The number of pyridine rings is 1. The molecule has 0 spiro atoms. The lowest BCUT2D eigenvalue weighted by molar-refractivity contribution is -0.140. The molecule has 1 fully saturated rings. The molecule has 0 atom stereocenters. The summed E-state index contributed by atoms with van der Waals surface area (Å²) in [4.78, 5) is 16.9. The average molecular weight is 430 g/mol. The van der Waals surface area contributed by atoms with Crippen molar-refractivity contribution in [2.75, 3.05) is 32.6 Å². The fraction of sp³-hybridized carbons (Fsp3) is 0.368. The quantitative estimate of drug-likeness (QED) is 0.731. The zero-order valence-corrected chi connectivity index (χ0v) is 17.4. The predicted molar refractivity (Wildman–Crippen MR) is 112 cm³/mol. The topological polar surface area (TPSA) is 81.7 Å².